The van der Waals surface area contributed by atoms with Gasteiger partial charge in [-0.15, -0.1) is 0 Å². The van der Waals surface area contributed by atoms with E-state index in [1.807, 2.05) is 0 Å². The van der Waals surface area contributed by atoms with Crippen molar-refractivity contribution in [1.29, 1.82) is 0 Å². The molecule has 0 fully saturated rings. The second-order valence-electron chi connectivity index (χ2n) is 2.40. The molecule has 70 valence electrons. The molecular weight excluding hydrogens is 158 g/mol. The number of allylic oxidation sites excluding steroid dienone is 1. The molecule has 0 aromatic heterocycles. The fourth-order valence-electron chi connectivity index (χ4n) is 0.604. The second kappa shape index (κ2) is 6.67. The summed E-state index contributed by atoms with van der Waals surface area (Å²) in [7, 11) is 1.60. The van der Waals surface area contributed by atoms with E-state index in [4.69, 9.17) is 15.2 Å². The van der Waals surface area contributed by atoms with E-state index in [0.717, 1.165) is 0 Å². The Morgan fingerprint density at radius 2 is 2.17 bits per heavy atom. The first-order valence-electron chi connectivity index (χ1n) is 3.76. The van der Waals surface area contributed by atoms with E-state index < -0.39 is 5.97 Å². The van der Waals surface area contributed by atoms with Gasteiger partial charge in [0.25, 0.3) is 0 Å². The smallest absolute Gasteiger partial charge is 0.332 e. The molecule has 0 amide bonds. The summed E-state index contributed by atoms with van der Waals surface area (Å²) in [6, 6.07) is 0. The van der Waals surface area contributed by atoms with Gasteiger partial charge in [-0.3, -0.25) is 0 Å². The van der Waals surface area contributed by atoms with E-state index >= 15 is 0 Å². The average Bonchev–Trinajstić information content (AvgIpc) is 1.97. The number of ether oxygens (including phenoxy) is 2. The Morgan fingerprint density at radius 3 is 2.67 bits per heavy atom. The number of methoxy groups -OCH3 is 1. The van der Waals surface area contributed by atoms with Crippen LogP contribution in [0.3, 0.4) is 0 Å². The van der Waals surface area contributed by atoms with Crippen LogP contribution in [0.4, 0.5) is 0 Å². The zero-order valence-corrected chi connectivity index (χ0v) is 7.50. The van der Waals surface area contributed by atoms with Gasteiger partial charge >= 0.3 is 5.97 Å². The van der Waals surface area contributed by atoms with E-state index in [1.165, 1.54) is 6.08 Å². The molecule has 0 unspecified atom stereocenters. The molecule has 4 nitrogen and oxygen atoms in total. The van der Waals surface area contributed by atoms with Crippen molar-refractivity contribution < 1.29 is 14.3 Å². The van der Waals surface area contributed by atoms with E-state index in [-0.39, 0.29) is 0 Å². The molecule has 0 heterocycles. The Morgan fingerprint density at radius 1 is 1.50 bits per heavy atom. The van der Waals surface area contributed by atoms with Gasteiger partial charge in [0.1, 0.15) is 0 Å². The molecule has 2 N–H and O–H groups in total. The predicted molar refractivity (Wildman–Crippen MR) is 45.4 cm³/mol. The Kier molecular flexibility index (Phi) is 6.09. The highest BCUT2D eigenvalue weighted by Gasteiger charge is 1.96. The maximum atomic E-state index is 10.8. The summed E-state index contributed by atoms with van der Waals surface area (Å²) < 4.78 is 9.55. The summed E-state index contributed by atoms with van der Waals surface area (Å²) in [4.78, 5) is 10.8. The topological polar surface area (TPSA) is 61.5 Å². The number of nitrogens with two attached hydrogens (primary N) is 1. The standard InChI is InChI=1S/C8H15NO3/c1-7(9)6-8(10)12-5-3-4-11-2/h6H,3-5,9H2,1-2H3/b7-6-. The van der Waals surface area contributed by atoms with Gasteiger partial charge in [-0.2, -0.15) is 0 Å². The lowest BCUT2D eigenvalue weighted by Gasteiger charge is -2.00. The van der Waals surface area contributed by atoms with E-state index in [2.05, 4.69) is 0 Å². The van der Waals surface area contributed by atoms with Crippen molar-refractivity contribution >= 4 is 5.97 Å². The Balaban J connectivity index is 3.39. The van der Waals surface area contributed by atoms with Crippen LogP contribution in [-0.4, -0.2) is 26.3 Å². The van der Waals surface area contributed by atoms with Crippen LogP contribution in [0.2, 0.25) is 0 Å². The molecule has 0 aliphatic heterocycles. The third kappa shape index (κ3) is 7.08. The molecule has 0 spiro atoms. The first kappa shape index (κ1) is 11.0. The van der Waals surface area contributed by atoms with Crippen molar-refractivity contribution in [2.45, 2.75) is 13.3 Å². The normalized spacial score (nSPS) is 11.3. The highest BCUT2D eigenvalue weighted by molar-refractivity contribution is 5.82. The summed E-state index contributed by atoms with van der Waals surface area (Å²) in [5, 5.41) is 0. The zero-order chi connectivity index (χ0) is 9.40. The number of hydrogen-bond acceptors (Lipinski definition) is 4. The summed E-state index contributed by atoms with van der Waals surface area (Å²) in [6.07, 6.45) is 1.96. The van der Waals surface area contributed by atoms with Gasteiger partial charge in [-0.25, -0.2) is 4.79 Å². The summed E-state index contributed by atoms with van der Waals surface area (Å²) in [5.74, 6) is -0.397. The van der Waals surface area contributed by atoms with E-state index in [9.17, 15) is 4.79 Å². The van der Waals surface area contributed by atoms with Crippen molar-refractivity contribution in [2.24, 2.45) is 5.73 Å². The lowest BCUT2D eigenvalue weighted by atomic mass is 10.4. The summed E-state index contributed by atoms with van der Waals surface area (Å²) in [6.45, 7) is 2.60. The molecule has 0 bridgehead atoms. The molecule has 0 saturated heterocycles. The number of carbonyl (C=O) groups is 1. The molecule has 0 saturated carbocycles. The lowest BCUT2D eigenvalue weighted by molar-refractivity contribution is -0.138. The van der Waals surface area contributed by atoms with Crippen LogP contribution in [-0.2, 0) is 14.3 Å². The minimum absolute atomic E-state index is 0.371. The highest BCUT2D eigenvalue weighted by atomic mass is 16.5. The van der Waals surface area contributed by atoms with Gasteiger partial charge in [0, 0.05) is 31.9 Å². The maximum Gasteiger partial charge on any atom is 0.332 e. The van der Waals surface area contributed by atoms with E-state index in [1.54, 1.807) is 14.0 Å². The number of rotatable bonds is 5. The van der Waals surface area contributed by atoms with Crippen molar-refractivity contribution in [2.75, 3.05) is 20.3 Å². The monoisotopic (exact) mass is 173 g/mol. The van der Waals surface area contributed by atoms with Gasteiger partial charge in [0.05, 0.1) is 6.61 Å². The van der Waals surface area contributed by atoms with Gasteiger partial charge in [0.15, 0.2) is 0 Å². The van der Waals surface area contributed by atoms with Crippen molar-refractivity contribution in [3.63, 3.8) is 0 Å². The maximum absolute atomic E-state index is 10.8. The van der Waals surface area contributed by atoms with Gasteiger partial charge < -0.3 is 15.2 Å². The van der Waals surface area contributed by atoms with Gasteiger partial charge in [0.2, 0.25) is 0 Å². The van der Waals surface area contributed by atoms with E-state index in [0.29, 0.717) is 25.3 Å². The minimum atomic E-state index is -0.397. The molecule has 0 aromatic rings. The van der Waals surface area contributed by atoms with Crippen LogP contribution in [0.25, 0.3) is 0 Å². The highest BCUT2D eigenvalue weighted by Crippen LogP contribution is 1.88. The summed E-state index contributed by atoms with van der Waals surface area (Å²) in [5.41, 5.74) is 5.71. The van der Waals surface area contributed by atoms with Crippen LogP contribution >= 0.6 is 0 Å². The molecule has 0 aliphatic rings. The first-order valence-corrected chi connectivity index (χ1v) is 3.76. The molecule has 0 atom stereocenters. The number of carbonyl (C=O) groups excluding carboxylic acids is 1. The molecule has 0 radical (unpaired) electrons. The van der Waals surface area contributed by atoms with Crippen molar-refractivity contribution in [3.05, 3.63) is 11.8 Å². The largest absolute Gasteiger partial charge is 0.462 e. The van der Waals surface area contributed by atoms with Crippen molar-refractivity contribution in [1.82, 2.24) is 0 Å². The SMILES string of the molecule is COCCCOC(=O)/C=C(/C)N. The van der Waals surface area contributed by atoms with Crippen molar-refractivity contribution in [3.8, 4) is 0 Å². The second-order valence-corrected chi connectivity index (χ2v) is 2.40. The third-order valence-corrected chi connectivity index (χ3v) is 1.08. The summed E-state index contributed by atoms with van der Waals surface area (Å²) >= 11 is 0. The fraction of sp³-hybridized carbons (Fsp3) is 0.625. The molecule has 4 heteroatoms. The van der Waals surface area contributed by atoms with Gasteiger partial charge in [-0.05, 0) is 6.92 Å². The Labute approximate surface area is 72.3 Å². The number of esters is 1. The number of hydrogen-bond donors (Lipinski definition) is 1. The minimum Gasteiger partial charge on any atom is -0.462 e. The van der Waals surface area contributed by atoms with Crippen LogP contribution in [0, 0.1) is 0 Å². The predicted octanol–water partition coefficient (Wildman–Crippen LogP) is 0.429. The average molecular weight is 173 g/mol. The quantitative estimate of drug-likeness (QED) is 0.372. The third-order valence-electron chi connectivity index (χ3n) is 1.08. The van der Waals surface area contributed by atoms with Crippen LogP contribution in [0.15, 0.2) is 11.8 Å². The first-order chi connectivity index (χ1) is 5.66. The van der Waals surface area contributed by atoms with Crippen LogP contribution < -0.4 is 5.73 Å². The molecule has 0 aliphatic carbocycles. The fourth-order valence-corrected chi connectivity index (χ4v) is 0.604. The molecule has 0 rings (SSSR count). The molecule has 0 aromatic carbocycles. The molecule has 12 heavy (non-hydrogen) atoms. The lowest BCUT2D eigenvalue weighted by Crippen LogP contribution is -2.06. The van der Waals surface area contributed by atoms with Crippen LogP contribution in [0.1, 0.15) is 13.3 Å². The molecular formula is C8H15NO3. The van der Waals surface area contributed by atoms with Gasteiger partial charge in [-0.1, -0.05) is 0 Å². The Hall–Kier alpha value is -1.03. The zero-order valence-electron chi connectivity index (χ0n) is 7.50. The Bertz CT molecular complexity index is 162. The van der Waals surface area contributed by atoms with Crippen LogP contribution in [0.5, 0.6) is 0 Å².